The van der Waals surface area contributed by atoms with Gasteiger partial charge >= 0.3 is 0 Å². The number of carbonyl (C=O) groups is 1. The summed E-state index contributed by atoms with van der Waals surface area (Å²) in [6.07, 6.45) is 2.60. The molecule has 4 nitrogen and oxygen atoms in total. The van der Waals surface area contributed by atoms with Crippen molar-refractivity contribution in [2.45, 2.75) is 25.7 Å². The average molecular weight is 330 g/mol. The number of aliphatic hydroxyl groups excluding tert-OH is 1. The summed E-state index contributed by atoms with van der Waals surface area (Å²) in [7, 11) is 0. The Kier molecular flexibility index (Phi) is 6.88. The first kappa shape index (κ1) is 18.1. The number of nitrogens with one attached hydrogen (secondary N) is 1. The van der Waals surface area contributed by atoms with E-state index in [2.05, 4.69) is 10.3 Å². The van der Waals surface area contributed by atoms with Gasteiger partial charge in [-0.05, 0) is 42.2 Å². The van der Waals surface area contributed by atoms with Crippen LogP contribution in [0.5, 0.6) is 0 Å². The highest BCUT2D eigenvalue weighted by Crippen LogP contribution is 2.19. The Hall–Kier alpha value is -2.27. The lowest BCUT2D eigenvalue weighted by Gasteiger charge is -2.16. The summed E-state index contributed by atoms with van der Waals surface area (Å²) in [5, 5.41) is 12.3. The Morgan fingerprint density at radius 2 is 2.12 bits per heavy atom. The highest BCUT2D eigenvalue weighted by Gasteiger charge is 2.14. The number of amides is 1. The van der Waals surface area contributed by atoms with E-state index in [-0.39, 0.29) is 36.6 Å². The molecule has 0 aliphatic carbocycles. The van der Waals surface area contributed by atoms with Crippen LogP contribution in [0.4, 0.5) is 4.39 Å². The first-order valence-corrected chi connectivity index (χ1v) is 8.11. The third kappa shape index (κ3) is 5.74. The van der Waals surface area contributed by atoms with E-state index in [0.717, 1.165) is 11.3 Å². The van der Waals surface area contributed by atoms with E-state index < -0.39 is 0 Å². The minimum atomic E-state index is -0.296. The molecule has 1 aromatic carbocycles. The predicted molar refractivity (Wildman–Crippen MR) is 91.0 cm³/mol. The predicted octanol–water partition coefficient (Wildman–Crippen LogP) is 2.68. The minimum Gasteiger partial charge on any atom is -0.396 e. The first-order valence-electron chi connectivity index (χ1n) is 8.11. The number of rotatable bonds is 8. The van der Waals surface area contributed by atoms with Crippen molar-refractivity contribution in [3.8, 4) is 0 Å². The summed E-state index contributed by atoms with van der Waals surface area (Å²) >= 11 is 0. The number of hydrogen-bond donors (Lipinski definition) is 2. The molecular weight excluding hydrogens is 307 g/mol. The SMILES string of the molecule is CC(CC(=O)NCC(CO)Cc1ccccn1)c1cccc(F)c1. The highest BCUT2D eigenvalue weighted by atomic mass is 19.1. The van der Waals surface area contributed by atoms with Crippen molar-refractivity contribution in [1.82, 2.24) is 10.3 Å². The van der Waals surface area contributed by atoms with Gasteiger partial charge in [0.2, 0.25) is 5.91 Å². The van der Waals surface area contributed by atoms with Crippen molar-refractivity contribution in [2.24, 2.45) is 5.92 Å². The second kappa shape index (κ2) is 9.13. The first-order chi connectivity index (χ1) is 11.6. The van der Waals surface area contributed by atoms with Crippen LogP contribution in [0.25, 0.3) is 0 Å². The van der Waals surface area contributed by atoms with Gasteiger partial charge in [-0.1, -0.05) is 25.1 Å². The highest BCUT2D eigenvalue weighted by molar-refractivity contribution is 5.76. The summed E-state index contributed by atoms with van der Waals surface area (Å²) in [6.45, 7) is 2.27. The maximum atomic E-state index is 13.2. The largest absolute Gasteiger partial charge is 0.396 e. The molecule has 2 atom stereocenters. The fourth-order valence-corrected chi connectivity index (χ4v) is 2.56. The van der Waals surface area contributed by atoms with E-state index in [4.69, 9.17) is 0 Å². The fraction of sp³-hybridized carbons (Fsp3) is 0.368. The average Bonchev–Trinajstić information content (AvgIpc) is 2.59. The Bertz CT molecular complexity index is 649. The molecule has 0 radical (unpaired) electrons. The maximum absolute atomic E-state index is 13.2. The molecule has 1 amide bonds. The second-order valence-electron chi connectivity index (χ2n) is 6.04. The molecule has 2 unspecified atom stereocenters. The molecule has 0 spiro atoms. The molecule has 1 heterocycles. The molecule has 0 fully saturated rings. The van der Waals surface area contributed by atoms with Gasteiger partial charge in [0.05, 0.1) is 0 Å². The normalized spacial score (nSPS) is 13.3. The molecule has 0 saturated heterocycles. The van der Waals surface area contributed by atoms with Crippen molar-refractivity contribution in [3.05, 3.63) is 65.7 Å². The molecule has 0 aliphatic heterocycles. The van der Waals surface area contributed by atoms with Crippen LogP contribution in [0, 0.1) is 11.7 Å². The van der Waals surface area contributed by atoms with Crippen molar-refractivity contribution in [3.63, 3.8) is 0 Å². The Labute approximate surface area is 141 Å². The topological polar surface area (TPSA) is 62.2 Å². The number of pyridine rings is 1. The van der Waals surface area contributed by atoms with Gasteiger partial charge < -0.3 is 10.4 Å². The van der Waals surface area contributed by atoms with Gasteiger partial charge in [-0.3, -0.25) is 9.78 Å². The van der Waals surface area contributed by atoms with Crippen LogP contribution in [0.3, 0.4) is 0 Å². The summed E-state index contributed by atoms with van der Waals surface area (Å²) in [6, 6.07) is 11.9. The molecule has 2 rings (SSSR count). The zero-order valence-electron chi connectivity index (χ0n) is 13.8. The van der Waals surface area contributed by atoms with Crippen LogP contribution in [0.15, 0.2) is 48.7 Å². The lowest BCUT2D eigenvalue weighted by atomic mass is 9.97. The summed E-state index contributed by atoms with van der Waals surface area (Å²) < 4.78 is 13.2. The standard InChI is InChI=1S/C19H23FN2O2/c1-14(16-5-4-6-17(20)11-16)9-19(24)22-12-15(13-23)10-18-7-2-3-8-21-18/h2-8,11,14-15,23H,9-10,12-13H2,1H3,(H,22,24). The van der Waals surface area contributed by atoms with Gasteiger partial charge in [-0.2, -0.15) is 0 Å². The van der Waals surface area contributed by atoms with Crippen LogP contribution in [0.1, 0.15) is 30.5 Å². The third-order valence-corrected chi connectivity index (χ3v) is 3.98. The summed E-state index contributed by atoms with van der Waals surface area (Å²) in [4.78, 5) is 16.3. The summed E-state index contributed by atoms with van der Waals surface area (Å²) in [5.41, 5.74) is 1.69. The molecule has 24 heavy (non-hydrogen) atoms. The molecule has 5 heteroatoms. The van der Waals surface area contributed by atoms with Gasteiger partial charge in [0.1, 0.15) is 5.82 Å². The lowest BCUT2D eigenvalue weighted by Crippen LogP contribution is -2.32. The molecule has 2 aromatic rings. The van der Waals surface area contributed by atoms with Crippen molar-refractivity contribution >= 4 is 5.91 Å². The Morgan fingerprint density at radius 1 is 1.29 bits per heavy atom. The molecule has 1 aromatic heterocycles. The zero-order valence-corrected chi connectivity index (χ0v) is 13.8. The van der Waals surface area contributed by atoms with Crippen LogP contribution in [-0.2, 0) is 11.2 Å². The molecule has 0 saturated carbocycles. The van der Waals surface area contributed by atoms with E-state index in [1.165, 1.54) is 12.1 Å². The van der Waals surface area contributed by atoms with Gasteiger partial charge in [-0.25, -0.2) is 4.39 Å². The number of benzene rings is 1. The Morgan fingerprint density at radius 3 is 2.79 bits per heavy atom. The van der Waals surface area contributed by atoms with E-state index in [1.54, 1.807) is 12.3 Å². The van der Waals surface area contributed by atoms with Gasteiger partial charge in [0, 0.05) is 37.4 Å². The van der Waals surface area contributed by atoms with Gasteiger partial charge in [-0.15, -0.1) is 0 Å². The summed E-state index contributed by atoms with van der Waals surface area (Å²) in [5.74, 6) is -0.543. The maximum Gasteiger partial charge on any atom is 0.220 e. The monoisotopic (exact) mass is 330 g/mol. The van der Waals surface area contributed by atoms with Crippen LogP contribution in [0.2, 0.25) is 0 Å². The van der Waals surface area contributed by atoms with E-state index in [0.29, 0.717) is 13.0 Å². The number of nitrogens with zero attached hydrogens (tertiary/aromatic N) is 1. The van der Waals surface area contributed by atoms with Crippen molar-refractivity contribution in [2.75, 3.05) is 13.2 Å². The van der Waals surface area contributed by atoms with E-state index in [1.807, 2.05) is 31.2 Å². The number of aliphatic hydroxyl groups is 1. The van der Waals surface area contributed by atoms with Crippen LogP contribution >= 0.6 is 0 Å². The van der Waals surface area contributed by atoms with Crippen molar-refractivity contribution < 1.29 is 14.3 Å². The fourth-order valence-electron chi connectivity index (χ4n) is 2.56. The van der Waals surface area contributed by atoms with Gasteiger partial charge in [0.25, 0.3) is 0 Å². The molecule has 0 aliphatic rings. The zero-order chi connectivity index (χ0) is 17.4. The number of hydrogen-bond acceptors (Lipinski definition) is 3. The van der Waals surface area contributed by atoms with Crippen LogP contribution in [-0.4, -0.2) is 29.1 Å². The number of carbonyl (C=O) groups excluding carboxylic acids is 1. The van der Waals surface area contributed by atoms with Crippen LogP contribution < -0.4 is 5.32 Å². The van der Waals surface area contributed by atoms with Gasteiger partial charge in [0.15, 0.2) is 0 Å². The number of aromatic nitrogens is 1. The molecule has 2 N–H and O–H groups in total. The molecule has 128 valence electrons. The van der Waals surface area contributed by atoms with E-state index >= 15 is 0 Å². The third-order valence-electron chi connectivity index (χ3n) is 3.98. The second-order valence-corrected chi connectivity index (χ2v) is 6.04. The number of halogens is 1. The van der Waals surface area contributed by atoms with Crippen molar-refractivity contribution in [1.29, 1.82) is 0 Å². The molecular formula is C19H23FN2O2. The lowest BCUT2D eigenvalue weighted by molar-refractivity contribution is -0.121. The smallest absolute Gasteiger partial charge is 0.220 e. The minimum absolute atomic E-state index is 0.0176. The molecule has 0 bridgehead atoms. The van der Waals surface area contributed by atoms with E-state index in [9.17, 15) is 14.3 Å². The Balaban J connectivity index is 1.81. The quantitative estimate of drug-likeness (QED) is 0.782.